The predicted octanol–water partition coefficient (Wildman–Crippen LogP) is 5.15. The molecule has 0 atom stereocenters. The first-order valence-electron chi connectivity index (χ1n) is 10.2. The fourth-order valence-electron chi connectivity index (χ4n) is 4.16. The Hall–Kier alpha value is -4.04. The van der Waals surface area contributed by atoms with Gasteiger partial charge in [0.2, 0.25) is 0 Å². The first-order chi connectivity index (χ1) is 15.5. The molecule has 0 N–H and O–H groups in total. The fourth-order valence-corrected chi connectivity index (χ4v) is 4.16. The summed E-state index contributed by atoms with van der Waals surface area (Å²) < 4.78 is 10.6. The van der Waals surface area contributed by atoms with Crippen LogP contribution in [0.25, 0.3) is 11.1 Å². The molecule has 0 fully saturated rings. The first-order valence-corrected chi connectivity index (χ1v) is 10.2. The summed E-state index contributed by atoms with van der Waals surface area (Å²) in [6.45, 7) is 1.95. The van der Waals surface area contributed by atoms with Gasteiger partial charge in [-0.25, -0.2) is 9.59 Å². The Morgan fingerprint density at radius 1 is 1.03 bits per heavy atom. The van der Waals surface area contributed by atoms with E-state index in [0.717, 1.165) is 22.3 Å². The molecule has 5 nitrogen and oxygen atoms in total. The van der Waals surface area contributed by atoms with E-state index in [2.05, 4.69) is 30.2 Å². The van der Waals surface area contributed by atoms with E-state index in [1.807, 2.05) is 24.3 Å². The Morgan fingerprint density at radius 3 is 2.19 bits per heavy atom. The van der Waals surface area contributed by atoms with Crippen molar-refractivity contribution in [2.75, 3.05) is 25.7 Å². The van der Waals surface area contributed by atoms with Crippen molar-refractivity contribution in [3.8, 4) is 23.5 Å². The molecule has 3 aromatic carbocycles. The molecule has 1 aliphatic carbocycles. The van der Waals surface area contributed by atoms with Crippen LogP contribution in [0.5, 0.6) is 0 Å². The van der Waals surface area contributed by atoms with Crippen LogP contribution < -0.4 is 4.90 Å². The Balaban J connectivity index is 1.57. The molecule has 0 spiro atoms. The van der Waals surface area contributed by atoms with Crippen LogP contribution in [0.3, 0.4) is 0 Å². The third kappa shape index (κ3) is 3.61. The minimum atomic E-state index is -0.533. The Bertz CT molecular complexity index is 1210. The fraction of sp³-hybridized carbons (Fsp3) is 0.185. The van der Waals surface area contributed by atoms with Crippen molar-refractivity contribution >= 4 is 17.7 Å². The highest BCUT2D eigenvalue weighted by Gasteiger charge is 2.29. The maximum Gasteiger partial charge on any atom is 0.414 e. The van der Waals surface area contributed by atoms with Crippen LogP contribution in [0.4, 0.5) is 10.5 Å². The number of ether oxygens (including phenoxy) is 2. The van der Waals surface area contributed by atoms with Gasteiger partial charge in [0.25, 0.3) is 0 Å². The molecule has 32 heavy (non-hydrogen) atoms. The Morgan fingerprint density at radius 2 is 1.62 bits per heavy atom. The van der Waals surface area contributed by atoms with Crippen molar-refractivity contribution < 1.29 is 19.1 Å². The molecule has 0 saturated heterocycles. The maximum atomic E-state index is 12.9. The lowest BCUT2D eigenvalue weighted by molar-refractivity contribution is 0.0599. The van der Waals surface area contributed by atoms with Gasteiger partial charge in [0.15, 0.2) is 0 Å². The number of terminal acetylenes is 1. The lowest BCUT2D eigenvalue weighted by atomic mass is 9.98. The number of carbonyl (C=O) groups excluding carboxylic acids is 2. The molecule has 0 aromatic heterocycles. The molecule has 0 bridgehead atoms. The van der Waals surface area contributed by atoms with Crippen LogP contribution in [0, 0.1) is 19.3 Å². The van der Waals surface area contributed by atoms with E-state index in [1.165, 1.54) is 12.0 Å². The molecule has 0 heterocycles. The molecule has 5 heteroatoms. The quantitative estimate of drug-likeness (QED) is 0.429. The van der Waals surface area contributed by atoms with Gasteiger partial charge in [-0.2, -0.15) is 0 Å². The SMILES string of the molecule is C#Cc1cc(N(C)C(=O)OCC2c3ccccc3-c3ccccc32)cc(C(=O)OC)c1C. The van der Waals surface area contributed by atoms with Gasteiger partial charge in [-0.15, -0.1) is 6.42 Å². The molecule has 1 amide bonds. The van der Waals surface area contributed by atoms with Crippen molar-refractivity contribution in [2.45, 2.75) is 12.8 Å². The number of benzene rings is 3. The highest BCUT2D eigenvalue weighted by Crippen LogP contribution is 2.44. The summed E-state index contributed by atoms with van der Waals surface area (Å²) in [5.74, 6) is 2.01. The second-order valence-electron chi connectivity index (χ2n) is 7.66. The molecule has 4 rings (SSSR count). The molecule has 0 saturated carbocycles. The van der Waals surface area contributed by atoms with Gasteiger partial charge in [0.05, 0.1) is 12.7 Å². The summed E-state index contributed by atoms with van der Waals surface area (Å²) >= 11 is 0. The topological polar surface area (TPSA) is 55.8 Å². The van der Waals surface area contributed by atoms with Gasteiger partial charge in [-0.1, -0.05) is 54.5 Å². The first kappa shape index (κ1) is 21.2. The largest absolute Gasteiger partial charge is 0.465 e. The van der Waals surface area contributed by atoms with Gasteiger partial charge in [-0.05, 0) is 46.9 Å². The van der Waals surface area contributed by atoms with Crippen LogP contribution in [0.2, 0.25) is 0 Å². The van der Waals surface area contributed by atoms with Gasteiger partial charge in [0, 0.05) is 24.2 Å². The second-order valence-corrected chi connectivity index (χ2v) is 7.66. The third-order valence-corrected chi connectivity index (χ3v) is 5.95. The van der Waals surface area contributed by atoms with Crippen molar-refractivity contribution in [2.24, 2.45) is 0 Å². The maximum absolute atomic E-state index is 12.9. The van der Waals surface area contributed by atoms with Crippen molar-refractivity contribution in [1.29, 1.82) is 0 Å². The number of rotatable bonds is 4. The molecule has 0 aliphatic heterocycles. The van der Waals surface area contributed by atoms with E-state index in [0.29, 0.717) is 22.4 Å². The Kier molecular flexibility index (Phi) is 5.70. The number of methoxy groups -OCH3 is 1. The standard InChI is InChI=1S/C27H23NO4/c1-5-18-14-19(15-24(17(18)2)26(29)31-4)28(3)27(30)32-16-25-22-12-8-6-10-20(22)21-11-7-9-13-23(21)25/h1,6-15,25H,16H2,2-4H3. The number of esters is 1. The molecular formula is C27H23NO4. The zero-order valence-corrected chi connectivity index (χ0v) is 18.2. The number of nitrogens with zero attached hydrogens (tertiary/aromatic N) is 1. The van der Waals surface area contributed by atoms with Crippen LogP contribution in [-0.2, 0) is 9.47 Å². The minimum Gasteiger partial charge on any atom is -0.465 e. The lowest BCUT2D eigenvalue weighted by Crippen LogP contribution is -2.29. The normalized spacial score (nSPS) is 11.8. The average Bonchev–Trinajstić information content (AvgIpc) is 3.15. The number of anilines is 1. The van der Waals surface area contributed by atoms with Crippen molar-refractivity contribution in [3.63, 3.8) is 0 Å². The highest BCUT2D eigenvalue weighted by molar-refractivity contribution is 5.95. The third-order valence-electron chi connectivity index (χ3n) is 5.95. The summed E-state index contributed by atoms with van der Waals surface area (Å²) in [6, 6.07) is 19.6. The van der Waals surface area contributed by atoms with Crippen LogP contribution in [-0.4, -0.2) is 32.8 Å². The zero-order chi connectivity index (χ0) is 22.8. The highest BCUT2D eigenvalue weighted by atomic mass is 16.6. The molecule has 0 unspecified atom stereocenters. The molecule has 0 radical (unpaired) electrons. The summed E-state index contributed by atoms with van der Waals surface area (Å²) in [6.07, 6.45) is 5.07. The number of amides is 1. The monoisotopic (exact) mass is 425 g/mol. The molecule has 1 aliphatic rings. The Labute approximate surface area is 187 Å². The smallest absolute Gasteiger partial charge is 0.414 e. The van der Waals surface area contributed by atoms with Gasteiger partial charge in [-0.3, -0.25) is 4.90 Å². The number of hydrogen-bond acceptors (Lipinski definition) is 4. The van der Waals surface area contributed by atoms with Crippen LogP contribution >= 0.6 is 0 Å². The van der Waals surface area contributed by atoms with E-state index in [9.17, 15) is 9.59 Å². The van der Waals surface area contributed by atoms with Gasteiger partial charge in [0.1, 0.15) is 6.61 Å². The van der Waals surface area contributed by atoms with Crippen molar-refractivity contribution in [3.05, 3.63) is 88.5 Å². The predicted molar refractivity (Wildman–Crippen MR) is 124 cm³/mol. The summed E-state index contributed by atoms with van der Waals surface area (Å²) in [7, 11) is 2.89. The van der Waals surface area contributed by atoms with E-state index >= 15 is 0 Å². The van der Waals surface area contributed by atoms with Crippen LogP contribution in [0.15, 0.2) is 60.7 Å². The van der Waals surface area contributed by atoms with Crippen molar-refractivity contribution in [1.82, 2.24) is 0 Å². The minimum absolute atomic E-state index is 0.0373. The number of fused-ring (bicyclic) bond motifs is 3. The zero-order valence-electron chi connectivity index (χ0n) is 18.2. The van der Waals surface area contributed by atoms with Gasteiger partial charge < -0.3 is 9.47 Å². The summed E-state index contributed by atoms with van der Waals surface area (Å²) in [5, 5.41) is 0. The van der Waals surface area contributed by atoms with Crippen LogP contribution in [0.1, 0.15) is 38.5 Å². The molecule has 3 aromatic rings. The summed E-state index contributed by atoms with van der Waals surface area (Å²) in [4.78, 5) is 26.4. The van der Waals surface area contributed by atoms with E-state index in [-0.39, 0.29) is 12.5 Å². The number of carbonyl (C=O) groups is 2. The second kappa shape index (κ2) is 8.60. The van der Waals surface area contributed by atoms with Gasteiger partial charge >= 0.3 is 12.1 Å². The van der Waals surface area contributed by atoms with E-state index in [4.69, 9.17) is 15.9 Å². The molecule has 160 valence electrons. The summed E-state index contributed by atoms with van der Waals surface area (Å²) in [5.41, 5.74) is 6.53. The van der Waals surface area contributed by atoms with E-state index in [1.54, 1.807) is 26.1 Å². The lowest BCUT2D eigenvalue weighted by Gasteiger charge is -2.21. The molecular weight excluding hydrogens is 402 g/mol. The van der Waals surface area contributed by atoms with E-state index < -0.39 is 12.1 Å². The number of hydrogen-bond donors (Lipinski definition) is 0. The average molecular weight is 425 g/mol.